The summed E-state index contributed by atoms with van der Waals surface area (Å²) in [6.07, 6.45) is 80.5. The maximum atomic E-state index is 12.8. The Balaban J connectivity index is 4.49. The molecule has 0 N–H and O–H groups in total. The van der Waals surface area contributed by atoms with Gasteiger partial charge >= 0.3 is 17.9 Å². The van der Waals surface area contributed by atoms with Crippen molar-refractivity contribution in [3.05, 3.63) is 122 Å². The number of allylic oxidation sites excluding steroid dienone is 20. The summed E-state index contributed by atoms with van der Waals surface area (Å²) in [7, 11) is 0. The standard InChI is InChI=1S/C65H106O6/c1-4-7-10-13-16-19-22-25-28-30-31-32-33-35-37-40-43-46-49-52-55-58-64(67)70-61-62(60-69-63(66)57-54-51-48-45-42-39-36-27-24-21-18-15-12-9-6-3)71-65(68)59-56-53-50-47-44-41-38-34-29-26-23-20-17-14-11-8-5-2/h8-9,11-12,17-18,20-22,25-27,29-31,36,38,41,47,50,62H,4-7,10,13-16,19,23-24,28,32-35,37,39-40,42-46,48-49,51-61H2,1-3H3/b11-8-,12-9-,20-17-,21-18-,25-22-,29-26-,31-30-,36-27-,41-38-,50-47-. The highest BCUT2D eigenvalue weighted by molar-refractivity contribution is 5.71. The van der Waals surface area contributed by atoms with Gasteiger partial charge in [-0.3, -0.25) is 14.4 Å². The van der Waals surface area contributed by atoms with Crippen LogP contribution in [0.25, 0.3) is 0 Å². The molecule has 0 aliphatic carbocycles. The molecule has 1 atom stereocenters. The Morgan fingerprint density at radius 1 is 0.296 bits per heavy atom. The zero-order valence-electron chi connectivity index (χ0n) is 45.9. The van der Waals surface area contributed by atoms with Crippen LogP contribution in [0.3, 0.4) is 0 Å². The molecule has 0 radical (unpaired) electrons. The number of esters is 3. The average molecular weight is 984 g/mol. The first-order chi connectivity index (χ1) is 35.0. The van der Waals surface area contributed by atoms with Gasteiger partial charge in [0, 0.05) is 19.3 Å². The van der Waals surface area contributed by atoms with Gasteiger partial charge < -0.3 is 14.2 Å². The van der Waals surface area contributed by atoms with Crippen molar-refractivity contribution in [2.24, 2.45) is 0 Å². The van der Waals surface area contributed by atoms with Gasteiger partial charge in [0.15, 0.2) is 6.10 Å². The summed E-state index contributed by atoms with van der Waals surface area (Å²) >= 11 is 0. The summed E-state index contributed by atoms with van der Waals surface area (Å²) in [5, 5.41) is 0. The maximum absolute atomic E-state index is 12.8. The molecule has 0 aromatic heterocycles. The number of hydrogen-bond acceptors (Lipinski definition) is 6. The van der Waals surface area contributed by atoms with E-state index < -0.39 is 6.10 Å². The molecule has 6 nitrogen and oxygen atoms in total. The molecule has 0 amide bonds. The number of unbranched alkanes of at least 4 members (excludes halogenated alkanes) is 20. The molecule has 0 fully saturated rings. The Morgan fingerprint density at radius 2 is 0.563 bits per heavy atom. The van der Waals surface area contributed by atoms with E-state index in [1.807, 2.05) is 0 Å². The fourth-order valence-electron chi connectivity index (χ4n) is 7.64. The van der Waals surface area contributed by atoms with Gasteiger partial charge in [0.2, 0.25) is 0 Å². The molecule has 0 heterocycles. The molecule has 0 aromatic carbocycles. The van der Waals surface area contributed by atoms with Crippen LogP contribution in [-0.4, -0.2) is 37.2 Å². The van der Waals surface area contributed by atoms with E-state index in [-0.39, 0.29) is 37.5 Å². The second-order valence-corrected chi connectivity index (χ2v) is 18.8. The van der Waals surface area contributed by atoms with E-state index in [4.69, 9.17) is 14.2 Å². The normalized spacial score (nSPS) is 13.0. The molecule has 0 bridgehead atoms. The topological polar surface area (TPSA) is 78.9 Å². The van der Waals surface area contributed by atoms with Gasteiger partial charge in [-0.25, -0.2) is 0 Å². The Bertz CT molecular complexity index is 1500. The van der Waals surface area contributed by atoms with E-state index in [0.29, 0.717) is 19.3 Å². The SMILES string of the molecule is CC/C=C\C/C=C\C/C=C\C/C=C\C/C=C\CCCC(=O)OC(COC(=O)CCCCCCC/C=C\C/C=C\C/C=C\CC)COC(=O)CCCCCCCCCCC/C=C\C/C=C\CCCCCCC. The van der Waals surface area contributed by atoms with Gasteiger partial charge in [-0.2, -0.15) is 0 Å². The minimum Gasteiger partial charge on any atom is -0.462 e. The van der Waals surface area contributed by atoms with E-state index in [1.165, 1.54) is 83.5 Å². The van der Waals surface area contributed by atoms with Gasteiger partial charge in [-0.05, 0) is 122 Å². The average Bonchev–Trinajstić information content (AvgIpc) is 3.37. The van der Waals surface area contributed by atoms with Crippen LogP contribution >= 0.6 is 0 Å². The van der Waals surface area contributed by atoms with Crippen LogP contribution in [0.2, 0.25) is 0 Å². The van der Waals surface area contributed by atoms with E-state index >= 15 is 0 Å². The Hall–Kier alpha value is -4.19. The van der Waals surface area contributed by atoms with Crippen molar-refractivity contribution in [3.8, 4) is 0 Å². The molecular weight excluding hydrogens is 877 g/mol. The molecule has 0 aliphatic rings. The Kier molecular flexibility index (Phi) is 54.9. The lowest BCUT2D eigenvalue weighted by Crippen LogP contribution is -2.30. The number of carbonyl (C=O) groups is 3. The highest BCUT2D eigenvalue weighted by atomic mass is 16.6. The molecule has 6 heteroatoms. The summed E-state index contributed by atoms with van der Waals surface area (Å²) in [5.74, 6) is -0.993. The summed E-state index contributed by atoms with van der Waals surface area (Å²) in [6, 6.07) is 0. The second-order valence-electron chi connectivity index (χ2n) is 18.8. The van der Waals surface area contributed by atoms with Crippen molar-refractivity contribution in [3.63, 3.8) is 0 Å². The first-order valence-electron chi connectivity index (χ1n) is 29.0. The third-order valence-electron chi connectivity index (χ3n) is 11.9. The summed E-state index contributed by atoms with van der Waals surface area (Å²) in [4.78, 5) is 38.2. The van der Waals surface area contributed by atoms with Crippen LogP contribution in [0.5, 0.6) is 0 Å². The molecule has 402 valence electrons. The van der Waals surface area contributed by atoms with Crippen LogP contribution in [0, 0.1) is 0 Å². The van der Waals surface area contributed by atoms with Crippen molar-refractivity contribution in [1.82, 2.24) is 0 Å². The van der Waals surface area contributed by atoms with Gasteiger partial charge in [0.05, 0.1) is 0 Å². The van der Waals surface area contributed by atoms with Crippen molar-refractivity contribution in [1.29, 1.82) is 0 Å². The van der Waals surface area contributed by atoms with Crippen LogP contribution in [0.4, 0.5) is 0 Å². The van der Waals surface area contributed by atoms with Gasteiger partial charge in [0.25, 0.3) is 0 Å². The fourth-order valence-corrected chi connectivity index (χ4v) is 7.64. The predicted molar refractivity (Wildman–Crippen MR) is 306 cm³/mol. The lowest BCUT2D eigenvalue weighted by atomic mass is 10.1. The van der Waals surface area contributed by atoms with Crippen molar-refractivity contribution in [2.75, 3.05) is 13.2 Å². The van der Waals surface area contributed by atoms with Crippen LogP contribution in [0.1, 0.15) is 252 Å². The number of hydrogen-bond donors (Lipinski definition) is 0. The molecular formula is C65H106O6. The minimum atomic E-state index is -0.821. The van der Waals surface area contributed by atoms with Crippen LogP contribution in [0.15, 0.2) is 122 Å². The minimum absolute atomic E-state index is 0.111. The lowest BCUT2D eigenvalue weighted by molar-refractivity contribution is -0.167. The predicted octanol–water partition coefficient (Wildman–Crippen LogP) is 19.6. The smallest absolute Gasteiger partial charge is 0.306 e. The maximum Gasteiger partial charge on any atom is 0.306 e. The van der Waals surface area contributed by atoms with Crippen molar-refractivity contribution < 1.29 is 28.6 Å². The van der Waals surface area contributed by atoms with Crippen LogP contribution in [-0.2, 0) is 28.6 Å². The Labute approximate surface area is 437 Å². The number of ether oxygens (including phenoxy) is 3. The van der Waals surface area contributed by atoms with E-state index in [2.05, 4.69) is 142 Å². The highest BCUT2D eigenvalue weighted by Crippen LogP contribution is 2.14. The molecule has 1 unspecified atom stereocenters. The first kappa shape index (κ1) is 66.8. The summed E-state index contributed by atoms with van der Waals surface area (Å²) in [5.41, 5.74) is 0. The monoisotopic (exact) mass is 983 g/mol. The largest absolute Gasteiger partial charge is 0.462 e. The highest BCUT2D eigenvalue weighted by Gasteiger charge is 2.19. The van der Waals surface area contributed by atoms with E-state index in [9.17, 15) is 14.4 Å². The summed E-state index contributed by atoms with van der Waals surface area (Å²) < 4.78 is 16.8. The second kappa shape index (κ2) is 58.4. The van der Waals surface area contributed by atoms with E-state index in [1.54, 1.807) is 0 Å². The third-order valence-corrected chi connectivity index (χ3v) is 11.9. The summed E-state index contributed by atoms with van der Waals surface area (Å²) in [6.45, 7) is 6.34. The first-order valence-corrected chi connectivity index (χ1v) is 29.0. The molecule has 0 rings (SSSR count). The molecule has 0 aromatic rings. The fraction of sp³-hybridized carbons (Fsp3) is 0.646. The quantitative estimate of drug-likeness (QED) is 0.0261. The molecule has 71 heavy (non-hydrogen) atoms. The van der Waals surface area contributed by atoms with Gasteiger partial charge in [-0.15, -0.1) is 0 Å². The molecule has 0 aliphatic heterocycles. The molecule has 0 saturated carbocycles. The Morgan fingerprint density at radius 3 is 0.901 bits per heavy atom. The number of carbonyl (C=O) groups excluding carboxylic acids is 3. The third kappa shape index (κ3) is 56.6. The zero-order valence-corrected chi connectivity index (χ0v) is 45.9. The lowest BCUT2D eigenvalue weighted by Gasteiger charge is -2.18. The number of rotatable bonds is 51. The molecule has 0 saturated heterocycles. The van der Waals surface area contributed by atoms with E-state index in [0.717, 1.165) is 122 Å². The zero-order chi connectivity index (χ0) is 51.4. The van der Waals surface area contributed by atoms with Gasteiger partial charge in [-0.1, -0.05) is 232 Å². The van der Waals surface area contributed by atoms with Gasteiger partial charge in [0.1, 0.15) is 13.2 Å². The van der Waals surface area contributed by atoms with Crippen LogP contribution < -0.4 is 0 Å². The molecule has 0 spiro atoms. The van der Waals surface area contributed by atoms with Crippen molar-refractivity contribution in [2.45, 2.75) is 258 Å². The van der Waals surface area contributed by atoms with Crippen molar-refractivity contribution >= 4 is 17.9 Å².